The van der Waals surface area contributed by atoms with Gasteiger partial charge in [0.05, 0.1) is 0 Å². The summed E-state index contributed by atoms with van der Waals surface area (Å²) < 4.78 is 1.12. The Labute approximate surface area is 88.5 Å². The normalized spacial score (nSPS) is 12.8. The fourth-order valence-corrected chi connectivity index (χ4v) is 1.93. The number of benzene rings is 1. The van der Waals surface area contributed by atoms with Gasteiger partial charge in [-0.15, -0.1) is 0 Å². The van der Waals surface area contributed by atoms with Gasteiger partial charge in [0, 0.05) is 10.5 Å². The van der Waals surface area contributed by atoms with Crippen LogP contribution in [0.2, 0.25) is 0 Å². The van der Waals surface area contributed by atoms with Crippen LogP contribution in [0.1, 0.15) is 37.8 Å². The van der Waals surface area contributed by atoms with Crippen LogP contribution in [0.25, 0.3) is 0 Å². The van der Waals surface area contributed by atoms with Gasteiger partial charge in [-0.1, -0.05) is 53.9 Å². The summed E-state index contributed by atoms with van der Waals surface area (Å²) >= 11 is 3.51. The topological polar surface area (TPSA) is 26.0 Å². The number of unbranched alkanes of at least 4 members (excludes halogenated alkanes) is 1. The highest BCUT2D eigenvalue weighted by Gasteiger charge is 2.07. The van der Waals surface area contributed by atoms with Crippen molar-refractivity contribution in [2.45, 2.75) is 32.2 Å². The van der Waals surface area contributed by atoms with E-state index in [2.05, 4.69) is 28.9 Å². The van der Waals surface area contributed by atoms with Crippen LogP contribution in [0.5, 0.6) is 0 Å². The maximum atomic E-state index is 6.05. The van der Waals surface area contributed by atoms with Crippen molar-refractivity contribution in [3.8, 4) is 0 Å². The number of hydrogen-bond acceptors (Lipinski definition) is 1. The molecule has 0 amide bonds. The Balaban J connectivity index is 2.65. The van der Waals surface area contributed by atoms with Crippen LogP contribution in [0.3, 0.4) is 0 Å². The molecule has 1 rings (SSSR count). The van der Waals surface area contributed by atoms with Crippen LogP contribution >= 0.6 is 15.9 Å². The van der Waals surface area contributed by atoms with E-state index in [1.807, 2.05) is 18.2 Å². The zero-order valence-corrected chi connectivity index (χ0v) is 9.55. The Morgan fingerprint density at radius 2 is 2.08 bits per heavy atom. The lowest BCUT2D eigenvalue weighted by Gasteiger charge is -2.12. The third-order valence-electron chi connectivity index (χ3n) is 2.17. The molecule has 0 heterocycles. The summed E-state index contributed by atoms with van der Waals surface area (Å²) in [6.07, 6.45) is 3.47. The lowest BCUT2D eigenvalue weighted by atomic mass is 10.0. The molecule has 1 aromatic carbocycles. The van der Waals surface area contributed by atoms with Gasteiger partial charge in [0.2, 0.25) is 0 Å². The molecule has 0 saturated carbocycles. The molecular weight excluding hydrogens is 226 g/mol. The fourth-order valence-electron chi connectivity index (χ4n) is 1.36. The van der Waals surface area contributed by atoms with Gasteiger partial charge < -0.3 is 5.73 Å². The molecule has 0 fully saturated rings. The van der Waals surface area contributed by atoms with Crippen molar-refractivity contribution >= 4 is 15.9 Å². The first-order valence-corrected chi connectivity index (χ1v) is 5.55. The Morgan fingerprint density at radius 1 is 1.38 bits per heavy atom. The molecule has 2 heteroatoms. The quantitative estimate of drug-likeness (QED) is 0.856. The molecule has 0 radical (unpaired) electrons. The maximum Gasteiger partial charge on any atom is 0.0306 e. The number of rotatable bonds is 4. The summed E-state index contributed by atoms with van der Waals surface area (Å²) in [5, 5.41) is 0. The molecular formula is C11H16BrN. The predicted molar refractivity (Wildman–Crippen MR) is 60.6 cm³/mol. The Bertz CT molecular complexity index is 260. The van der Waals surface area contributed by atoms with E-state index in [-0.39, 0.29) is 6.04 Å². The zero-order valence-electron chi connectivity index (χ0n) is 7.96. The molecule has 0 aliphatic heterocycles. The van der Waals surface area contributed by atoms with Crippen LogP contribution in [0.15, 0.2) is 28.7 Å². The average molecular weight is 242 g/mol. The second-order valence-electron chi connectivity index (χ2n) is 3.27. The first-order chi connectivity index (χ1) is 6.25. The Hall–Kier alpha value is -0.340. The van der Waals surface area contributed by atoms with Crippen LogP contribution in [-0.4, -0.2) is 0 Å². The predicted octanol–water partition coefficient (Wildman–Crippen LogP) is 3.64. The summed E-state index contributed by atoms with van der Waals surface area (Å²) in [5.41, 5.74) is 7.27. The first kappa shape index (κ1) is 10.7. The van der Waals surface area contributed by atoms with Crippen LogP contribution in [-0.2, 0) is 0 Å². The molecule has 1 nitrogen and oxygen atoms in total. The molecule has 0 saturated heterocycles. The minimum absolute atomic E-state index is 0.176. The van der Waals surface area contributed by atoms with Gasteiger partial charge in [-0.05, 0) is 18.1 Å². The highest BCUT2D eigenvalue weighted by Crippen LogP contribution is 2.24. The third kappa shape index (κ3) is 3.12. The van der Waals surface area contributed by atoms with E-state index in [9.17, 15) is 0 Å². The first-order valence-electron chi connectivity index (χ1n) is 4.75. The second kappa shape index (κ2) is 5.40. The lowest BCUT2D eigenvalue weighted by Crippen LogP contribution is -2.10. The van der Waals surface area contributed by atoms with Crippen molar-refractivity contribution < 1.29 is 0 Å². The summed E-state index contributed by atoms with van der Waals surface area (Å²) in [4.78, 5) is 0. The van der Waals surface area contributed by atoms with E-state index >= 15 is 0 Å². The van der Waals surface area contributed by atoms with Gasteiger partial charge in [-0.25, -0.2) is 0 Å². The van der Waals surface area contributed by atoms with E-state index in [1.54, 1.807) is 0 Å². The Morgan fingerprint density at radius 3 is 2.69 bits per heavy atom. The van der Waals surface area contributed by atoms with Crippen molar-refractivity contribution in [3.63, 3.8) is 0 Å². The van der Waals surface area contributed by atoms with Gasteiger partial charge in [-0.2, -0.15) is 0 Å². The van der Waals surface area contributed by atoms with E-state index in [0.717, 1.165) is 10.9 Å². The van der Waals surface area contributed by atoms with E-state index in [4.69, 9.17) is 5.73 Å². The van der Waals surface area contributed by atoms with Crippen molar-refractivity contribution in [1.82, 2.24) is 0 Å². The van der Waals surface area contributed by atoms with Crippen molar-refractivity contribution in [2.75, 3.05) is 0 Å². The molecule has 0 aliphatic rings. The van der Waals surface area contributed by atoms with Crippen molar-refractivity contribution in [3.05, 3.63) is 34.3 Å². The minimum atomic E-state index is 0.176. The van der Waals surface area contributed by atoms with Gasteiger partial charge >= 0.3 is 0 Å². The average Bonchev–Trinajstić information content (AvgIpc) is 2.15. The van der Waals surface area contributed by atoms with Crippen molar-refractivity contribution in [2.24, 2.45) is 5.73 Å². The molecule has 0 bridgehead atoms. The number of nitrogens with two attached hydrogens (primary N) is 1. The highest BCUT2D eigenvalue weighted by molar-refractivity contribution is 9.10. The van der Waals surface area contributed by atoms with E-state index in [0.29, 0.717) is 0 Å². The third-order valence-corrected chi connectivity index (χ3v) is 2.90. The highest BCUT2D eigenvalue weighted by atomic mass is 79.9. The molecule has 72 valence electrons. The molecule has 0 aromatic heterocycles. The SMILES string of the molecule is CCCC[C@H](N)c1ccccc1Br. The molecule has 13 heavy (non-hydrogen) atoms. The molecule has 1 atom stereocenters. The lowest BCUT2D eigenvalue weighted by molar-refractivity contribution is 0.601. The van der Waals surface area contributed by atoms with Gasteiger partial charge in [-0.3, -0.25) is 0 Å². The monoisotopic (exact) mass is 241 g/mol. The van der Waals surface area contributed by atoms with Gasteiger partial charge in [0.1, 0.15) is 0 Å². The zero-order chi connectivity index (χ0) is 9.68. The summed E-state index contributed by atoms with van der Waals surface area (Å²) in [7, 11) is 0. The van der Waals surface area contributed by atoms with Gasteiger partial charge in [0.15, 0.2) is 0 Å². The van der Waals surface area contributed by atoms with Crippen molar-refractivity contribution in [1.29, 1.82) is 0 Å². The van der Waals surface area contributed by atoms with E-state index < -0.39 is 0 Å². The largest absolute Gasteiger partial charge is 0.324 e. The smallest absolute Gasteiger partial charge is 0.0306 e. The summed E-state index contributed by atoms with van der Waals surface area (Å²) in [5.74, 6) is 0. The maximum absolute atomic E-state index is 6.05. The molecule has 1 aromatic rings. The van der Waals surface area contributed by atoms with Crippen LogP contribution < -0.4 is 5.73 Å². The second-order valence-corrected chi connectivity index (χ2v) is 4.12. The fraction of sp³-hybridized carbons (Fsp3) is 0.455. The molecule has 0 aliphatic carbocycles. The Kier molecular flexibility index (Phi) is 4.46. The van der Waals surface area contributed by atoms with E-state index in [1.165, 1.54) is 18.4 Å². The molecule has 0 unspecified atom stereocenters. The van der Waals surface area contributed by atoms with Gasteiger partial charge in [0.25, 0.3) is 0 Å². The standard InChI is InChI=1S/C11H16BrN/c1-2-3-8-11(13)9-6-4-5-7-10(9)12/h4-7,11H,2-3,8,13H2,1H3/t11-/m0/s1. The number of hydrogen-bond donors (Lipinski definition) is 1. The molecule has 2 N–H and O–H groups in total. The summed E-state index contributed by atoms with van der Waals surface area (Å²) in [6.45, 7) is 2.19. The van der Waals surface area contributed by atoms with Crippen LogP contribution in [0, 0.1) is 0 Å². The number of halogens is 1. The minimum Gasteiger partial charge on any atom is -0.324 e. The molecule has 0 spiro atoms. The van der Waals surface area contributed by atoms with Crippen LogP contribution in [0.4, 0.5) is 0 Å². The summed E-state index contributed by atoms with van der Waals surface area (Å²) in [6, 6.07) is 8.35.